The molecule has 0 aliphatic carbocycles. The van der Waals surface area contributed by atoms with Crippen LogP contribution in [0.15, 0.2) is 54.6 Å². The molecule has 3 aromatic rings. The molecule has 0 atom stereocenters. The molecule has 0 saturated heterocycles. The zero-order valence-electron chi connectivity index (χ0n) is 13.0. The third-order valence-corrected chi connectivity index (χ3v) is 4.74. The molecule has 0 bridgehead atoms. The van der Waals surface area contributed by atoms with Crippen LogP contribution in [-0.2, 0) is 15.3 Å². The number of amides is 1. The number of thioether (sulfide) groups is 1. The van der Waals surface area contributed by atoms with E-state index >= 15 is 0 Å². The normalized spacial score (nSPS) is 11.0. The second-order valence-electron chi connectivity index (χ2n) is 5.32. The Morgan fingerprint density at radius 2 is 1.65 bits per heavy atom. The van der Waals surface area contributed by atoms with Crippen molar-refractivity contribution in [2.45, 2.75) is 5.75 Å². The summed E-state index contributed by atoms with van der Waals surface area (Å²) in [6.07, 6.45) is 0. The Hall–Kier alpha value is -2.04. The second-order valence-corrected chi connectivity index (χ2v) is 6.31. The van der Waals surface area contributed by atoms with Gasteiger partial charge in [-0.3, -0.25) is 4.79 Å². The highest BCUT2D eigenvalue weighted by Crippen LogP contribution is 2.31. The van der Waals surface area contributed by atoms with E-state index in [0.717, 1.165) is 5.75 Å². The summed E-state index contributed by atoms with van der Waals surface area (Å²) in [5, 5.41) is 7.71. The molecule has 23 heavy (non-hydrogen) atoms. The summed E-state index contributed by atoms with van der Waals surface area (Å²) in [6, 6.07) is 19.1. The Bertz CT molecular complexity index is 778. The number of methoxy groups -OCH3 is 1. The summed E-state index contributed by atoms with van der Waals surface area (Å²) >= 11 is 1.63. The standard InChI is InChI=1S/C19H19NO2S/c1-22-13-20-19(21)12-23-11-18-16-8-4-2-6-14(16)10-15-7-3-5-9-17(15)18/h2-10H,11-13H2,1H3,(H,20,21). The van der Waals surface area contributed by atoms with Crippen LogP contribution >= 0.6 is 11.8 Å². The number of benzene rings is 3. The fraction of sp³-hybridized carbons (Fsp3) is 0.211. The van der Waals surface area contributed by atoms with E-state index < -0.39 is 0 Å². The van der Waals surface area contributed by atoms with Gasteiger partial charge in [0.25, 0.3) is 0 Å². The number of hydrogen-bond donors (Lipinski definition) is 1. The van der Waals surface area contributed by atoms with E-state index in [1.54, 1.807) is 18.9 Å². The molecule has 0 aliphatic rings. The van der Waals surface area contributed by atoms with Crippen molar-refractivity contribution in [3.63, 3.8) is 0 Å². The minimum atomic E-state index is 0.00129. The molecule has 3 aromatic carbocycles. The smallest absolute Gasteiger partial charge is 0.231 e. The summed E-state index contributed by atoms with van der Waals surface area (Å²) in [5.41, 5.74) is 1.29. The Kier molecular flexibility index (Phi) is 5.16. The highest BCUT2D eigenvalue weighted by atomic mass is 32.2. The molecular weight excluding hydrogens is 306 g/mol. The van der Waals surface area contributed by atoms with Crippen molar-refractivity contribution < 1.29 is 9.53 Å². The lowest BCUT2D eigenvalue weighted by molar-refractivity contribution is -0.119. The van der Waals surface area contributed by atoms with Crippen LogP contribution in [0, 0.1) is 0 Å². The van der Waals surface area contributed by atoms with Crippen LogP contribution < -0.4 is 5.32 Å². The van der Waals surface area contributed by atoms with E-state index in [9.17, 15) is 4.79 Å². The Balaban J connectivity index is 1.87. The van der Waals surface area contributed by atoms with Gasteiger partial charge in [-0.25, -0.2) is 0 Å². The van der Waals surface area contributed by atoms with Crippen LogP contribution in [-0.4, -0.2) is 25.5 Å². The molecule has 118 valence electrons. The van der Waals surface area contributed by atoms with Crippen LogP contribution in [0.3, 0.4) is 0 Å². The fourth-order valence-corrected chi connectivity index (χ4v) is 3.62. The first-order chi connectivity index (χ1) is 11.3. The van der Waals surface area contributed by atoms with Gasteiger partial charge in [-0.05, 0) is 33.2 Å². The SMILES string of the molecule is COCNC(=O)CSCc1c2ccccc2cc2ccccc12. The molecule has 3 rings (SSSR count). The quantitative estimate of drug-likeness (QED) is 0.551. The van der Waals surface area contributed by atoms with Gasteiger partial charge in [0, 0.05) is 12.9 Å². The van der Waals surface area contributed by atoms with Crippen LogP contribution in [0.25, 0.3) is 21.5 Å². The second kappa shape index (κ2) is 7.49. The van der Waals surface area contributed by atoms with Gasteiger partial charge in [-0.1, -0.05) is 48.5 Å². The van der Waals surface area contributed by atoms with Gasteiger partial charge >= 0.3 is 0 Å². The monoisotopic (exact) mass is 325 g/mol. The minimum absolute atomic E-state index is 0.00129. The molecule has 0 unspecified atom stereocenters. The lowest BCUT2D eigenvalue weighted by Gasteiger charge is -2.11. The average Bonchev–Trinajstić information content (AvgIpc) is 2.59. The average molecular weight is 325 g/mol. The maximum atomic E-state index is 11.7. The molecule has 0 aliphatic heterocycles. The van der Waals surface area contributed by atoms with Crippen molar-refractivity contribution in [2.24, 2.45) is 0 Å². The topological polar surface area (TPSA) is 38.3 Å². The third-order valence-electron chi connectivity index (χ3n) is 3.78. The van der Waals surface area contributed by atoms with Crippen molar-refractivity contribution in [1.82, 2.24) is 5.32 Å². The van der Waals surface area contributed by atoms with Gasteiger partial charge in [0.2, 0.25) is 5.91 Å². The van der Waals surface area contributed by atoms with Gasteiger partial charge < -0.3 is 10.1 Å². The summed E-state index contributed by atoms with van der Waals surface area (Å²) in [7, 11) is 1.57. The molecule has 4 heteroatoms. The highest BCUT2D eigenvalue weighted by Gasteiger charge is 2.08. The van der Waals surface area contributed by atoms with Gasteiger partial charge in [-0.15, -0.1) is 11.8 Å². The number of hydrogen-bond acceptors (Lipinski definition) is 3. The summed E-state index contributed by atoms with van der Waals surface area (Å²) in [5.74, 6) is 1.24. The molecular formula is C19H19NO2S. The zero-order valence-corrected chi connectivity index (χ0v) is 13.9. The van der Waals surface area contributed by atoms with Crippen LogP contribution in [0.2, 0.25) is 0 Å². The zero-order chi connectivity index (χ0) is 16.1. The molecule has 0 radical (unpaired) electrons. The molecule has 0 fully saturated rings. The molecule has 1 N–H and O–H groups in total. The van der Waals surface area contributed by atoms with E-state index in [1.165, 1.54) is 27.1 Å². The third kappa shape index (κ3) is 3.66. The number of carbonyl (C=O) groups excluding carboxylic acids is 1. The van der Waals surface area contributed by atoms with E-state index in [2.05, 4.69) is 59.9 Å². The van der Waals surface area contributed by atoms with Gasteiger partial charge in [0.15, 0.2) is 0 Å². The highest BCUT2D eigenvalue weighted by molar-refractivity contribution is 7.99. The predicted molar refractivity (Wildman–Crippen MR) is 97.6 cm³/mol. The number of fused-ring (bicyclic) bond motifs is 2. The van der Waals surface area contributed by atoms with Crippen molar-refractivity contribution in [3.05, 3.63) is 60.2 Å². The Labute approximate surface area is 140 Å². The molecule has 3 nitrogen and oxygen atoms in total. The van der Waals surface area contributed by atoms with Crippen molar-refractivity contribution in [3.8, 4) is 0 Å². The summed E-state index contributed by atoms with van der Waals surface area (Å²) in [4.78, 5) is 11.7. The van der Waals surface area contributed by atoms with Crippen molar-refractivity contribution in [1.29, 1.82) is 0 Å². The van der Waals surface area contributed by atoms with Gasteiger partial charge in [0.1, 0.15) is 6.73 Å². The number of rotatable bonds is 6. The van der Waals surface area contributed by atoms with Crippen LogP contribution in [0.4, 0.5) is 0 Å². The lowest BCUT2D eigenvalue weighted by Crippen LogP contribution is -2.26. The van der Waals surface area contributed by atoms with E-state index in [4.69, 9.17) is 4.74 Å². The molecule has 0 heterocycles. The summed E-state index contributed by atoms with van der Waals surface area (Å²) in [6.45, 7) is 0.261. The van der Waals surface area contributed by atoms with Crippen molar-refractivity contribution in [2.75, 3.05) is 19.6 Å². The molecule has 0 spiro atoms. The maximum Gasteiger partial charge on any atom is 0.231 e. The first kappa shape index (κ1) is 15.8. The summed E-state index contributed by atoms with van der Waals surface area (Å²) < 4.78 is 4.85. The molecule has 0 aromatic heterocycles. The first-order valence-electron chi connectivity index (χ1n) is 7.52. The fourth-order valence-electron chi connectivity index (χ4n) is 2.71. The van der Waals surface area contributed by atoms with Gasteiger partial charge in [-0.2, -0.15) is 0 Å². The van der Waals surface area contributed by atoms with Crippen molar-refractivity contribution >= 4 is 39.2 Å². The maximum absolute atomic E-state index is 11.7. The van der Waals surface area contributed by atoms with E-state index in [0.29, 0.717) is 5.75 Å². The minimum Gasteiger partial charge on any atom is -0.364 e. The molecule has 0 saturated carbocycles. The van der Waals surface area contributed by atoms with Gasteiger partial charge in [0.05, 0.1) is 5.75 Å². The number of ether oxygens (including phenoxy) is 1. The first-order valence-corrected chi connectivity index (χ1v) is 8.68. The Morgan fingerprint density at radius 1 is 1.04 bits per heavy atom. The van der Waals surface area contributed by atoms with Crippen LogP contribution in [0.1, 0.15) is 5.56 Å². The van der Waals surface area contributed by atoms with Crippen LogP contribution in [0.5, 0.6) is 0 Å². The Morgan fingerprint density at radius 3 is 2.26 bits per heavy atom. The number of carbonyl (C=O) groups is 1. The van der Waals surface area contributed by atoms with E-state index in [-0.39, 0.29) is 12.6 Å². The largest absolute Gasteiger partial charge is 0.364 e. The number of nitrogens with one attached hydrogen (secondary N) is 1. The lowest BCUT2D eigenvalue weighted by atomic mass is 9.98. The molecule has 1 amide bonds. The van der Waals surface area contributed by atoms with E-state index in [1.807, 2.05) is 0 Å². The predicted octanol–water partition coefficient (Wildman–Crippen LogP) is 3.95.